The molecule has 0 saturated carbocycles. The van der Waals surface area contributed by atoms with Crippen LogP contribution in [0.3, 0.4) is 0 Å². The molecule has 0 aromatic heterocycles. The number of hydrogen-bond acceptors (Lipinski definition) is 4. The van der Waals surface area contributed by atoms with Crippen LogP contribution in [0, 0.1) is 0 Å². The van der Waals surface area contributed by atoms with Gasteiger partial charge in [-0.1, -0.05) is 12.1 Å². The summed E-state index contributed by atoms with van der Waals surface area (Å²) in [5.41, 5.74) is 2.56. The lowest BCUT2D eigenvalue weighted by atomic mass is 10.2. The van der Waals surface area contributed by atoms with E-state index in [-0.39, 0.29) is 5.97 Å². The van der Waals surface area contributed by atoms with Crippen molar-refractivity contribution in [2.75, 3.05) is 31.1 Å². The Balaban J connectivity index is 1.69. The number of hydrogen-bond donors (Lipinski definition) is 1. The summed E-state index contributed by atoms with van der Waals surface area (Å²) in [6.45, 7) is 6.09. The van der Waals surface area contributed by atoms with Gasteiger partial charge in [-0.25, -0.2) is 0 Å². The van der Waals surface area contributed by atoms with Crippen molar-refractivity contribution in [1.82, 2.24) is 5.32 Å². The van der Waals surface area contributed by atoms with Gasteiger partial charge in [0.05, 0.1) is 13.0 Å². The number of esters is 1. The maximum absolute atomic E-state index is 11.2. The van der Waals surface area contributed by atoms with Crippen LogP contribution < -0.4 is 10.2 Å². The first-order chi connectivity index (χ1) is 9.79. The van der Waals surface area contributed by atoms with Crippen LogP contribution in [0.15, 0.2) is 24.3 Å². The number of carbonyl (C=O) groups excluding carboxylic acids is 1. The molecule has 0 amide bonds. The molecular weight excluding hydrogens is 252 g/mol. The summed E-state index contributed by atoms with van der Waals surface area (Å²) < 4.78 is 4.88. The minimum Gasteiger partial charge on any atom is -0.466 e. The van der Waals surface area contributed by atoms with Crippen LogP contribution in [0.1, 0.15) is 31.7 Å². The van der Waals surface area contributed by atoms with E-state index in [2.05, 4.69) is 34.5 Å². The van der Waals surface area contributed by atoms with Gasteiger partial charge >= 0.3 is 5.97 Å². The van der Waals surface area contributed by atoms with Crippen LogP contribution in [-0.4, -0.2) is 32.2 Å². The second-order valence-electron chi connectivity index (χ2n) is 5.09. The molecule has 1 aromatic rings. The van der Waals surface area contributed by atoms with E-state index in [1.54, 1.807) is 0 Å². The molecule has 0 spiro atoms. The van der Waals surface area contributed by atoms with Crippen LogP contribution in [0.2, 0.25) is 0 Å². The van der Waals surface area contributed by atoms with Gasteiger partial charge < -0.3 is 15.0 Å². The highest BCUT2D eigenvalue weighted by Gasteiger charge is 2.11. The van der Waals surface area contributed by atoms with Crippen molar-refractivity contribution in [3.63, 3.8) is 0 Å². The molecule has 0 atom stereocenters. The van der Waals surface area contributed by atoms with Gasteiger partial charge in [0.1, 0.15) is 0 Å². The van der Waals surface area contributed by atoms with Gasteiger partial charge in [0.25, 0.3) is 0 Å². The van der Waals surface area contributed by atoms with Crippen LogP contribution in [0.25, 0.3) is 0 Å². The molecule has 2 rings (SSSR count). The molecule has 1 fully saturated rings. The predicted molar refractivity (Wildman–Crippen MR) is 80.8 cm³/mol. The van der Waals surface area contributed by atoms with Gasteiger partial charge in [0.2, 0.25) is 0 Å². The zero-order valence-electron chi connectivity index (χ0n) is 12.2. The molecule has 20 heavy (non-hydrogen) atoms. The Morgan fingerprint density at radius 1 is 1.25 bits per heavy atom. The topological polar surface area (TPSA) is 41.6 Å². The summed E-state index contributed by atoms with van der Waals surface area (Å²) in [7, 11) is 0. The molecule has 110 valence electrons. The Kier molecular flexibility index (Phi) is 5.87. The maximum atomic E-state index is 11.2. The lowest BCUT2D eigenvalue weighted by Gasteiger charge is -2.17. The highest BCUT2D eigenvalue weighted by molar-refractivity contribution is 5.69. The highest BCUT2D eigenvalue weighted by Crippen LogP contribution is 2.20. The first kappa shape index (κ1) is 14.9. The summed E-state index contributed by atoms with van der Waals surface area (Å²) in [6, 6.07) is 8.69. The predicted octanol–water partition coefficient (Wildman–Crippen LogP) is 2.33. The van der Waals surface area contributed by atoms with E-state index in [4.69, 9.17) is 4.74 Å². The van der Waals surface area contributed by atoms with Crippen molar-refractivity contribution in [1.29, 1.82) is 0 Å². The lowest BCUT2D eigenvalue weighted by molar-refractivity contribution is -0.142. The third kappa shape index (κ3) is 4.53. The van der Waals surface area contributed by atoms with Gasteiger partial charge in [0, 0.05) is 31.9 Å². The zero-order chi connectivity index (χ0) is 14.2. The summed E-state index contributed by atoms with van der Waals surface area (Å²) in [6.07, 6.45) is 3.04. The molecule has 4 nitrogen and oxygen atoms in total. The second kappa shape index (κ2) is 7.90. The first-order valence-corrected chi connectivity index (χ1v) is 7.50. The minimum atomic E-state index is -0.135. The summed E-state index contributed by atoms with van der Waals surface area (Å²) >= 11 is 0. The zero-order valence-corrected chi connectivity index (χ0v) is 12.2. The Hall–Kier alpha value is -1.55. The molecule has 1 saturated heterocycles. The number of rotatable bonds is 7. The summed E-state index contributed by atoms with van der Waals surface area (Å²) in [4.78, 5) is 13.6. The minimum absolute atomic E-state index is 0.135. The number of nitrogens with zero attached hydrogens (tertiary/aromatic N) is 1. The lowest BCUT2D eigenvalue weighted by Crippen LogP contribution is -2.19. The van der Waals surface area contributed by atoms with E-state index in [0.29, 0.717) is 19.6 Å². The Bertz CT molecular complexity index is 411. The van der Waals surface area contributed by atoms with E-state index in [0.717, 1.165) is 6.54 Å². The van der Waals surface area contributed by atoms with Crippen molar-refractivity contribution < 1.29 is 9.53 Å². The van der Waals surface area contributed by atoms with E-state index in [1.165, 1.54) is 37.2 Å². The fourth-order valence-electron chi connectivity index (χ4n) is 2.46. The molecule has 0 radical (unpaired) electrons. The smallest absolute Gasteiger partial charge is 0.307 e. The molecule has 0 aliphatic carbocycles. The molecule has 4 heteroatoms. The Morgan fingerprint density at radius 3 is 2.60 bits per heavy atom. The van der Waals surface area contributed by atoms with Gasteiger partial charge in [-0.05, 0) is 37.5 Å². The molecule has 1 N–H and O–H groups in total. The fraction of sp³-hybridized carbons (Fsp3) is 0.562. The van der Waals surface area contributed by atoms with Gasteiger partial charge in [-0.15, -0.1) is 0 Å². The van der Waals surface area contributed by atoms with Crippen molar-refractivity contribution in [2.24, 2.45) is 0 Å². The van der Waals surface area contributed by atoms with Crippen molar-refractivity contribution in [3.05, 3.63) is 29.8 Å². The average molecular weight is 276 g/mol. The van der Waals surface area contributed by atoms with Crippen LogP contribution in [0.5, 0.6) is 0 Å². The summed E-state index contributed by atoms with van der Waals surface area (Å²) in [5.74, 6) is -0.135. The van der Waals surface area contributed by atoms with Gasteiger partial charge in [0.15, 0.2) is 0 Å². The summed E-state index contributed by atoms with van der Waals surface area (Å²) in [5, 5.41) is 3.27. The van der Waals surface area contributed by atoms with Gasteiger partial charge in [-0.2, -0.15) is 0 Å². The third-order valence-electron chi connectivity index (χ3n) is 3.55. The second-order valence-corrected chi connectivity index (χ2v) is 5.09. The molecule has 1 aliphatic heterocycles. The third-order valence-corrected chi connectivity index (χ3v) is 3.55. The van der Waals surface area contributed by atoms with Gasteiger partial charge in [-0.3, -0.25) is 4.79 Å². The number of benzene rings is 1. The SMILES string of the molecule is CCOC(=O)CCNCc1ccc(N2CCCC2)cc1. The van der Waals surface area contributed by atoms with E-state index in [1.807, 2.05) is 6.92 Å². The van der Waals surface area contributed by atoms with E-state index >= 15 is 0 Å². The van der Waals surface area contributed by atoms with Crippen molar-refractivity contribution in [3.8, 4) is 0 Å². The van der Waals surface area contributed by atoms with E-state index < -0.39 is 0 Å². The first-order valence-electron chi connectivity index (χ1n) is 7.50. The Labute approximate surface area is 121 Å². The van der Waals surface area contributed by atoms with Crippen molar-refractivity contribution >= 4 is 11.7 Å². The Morgan fingerprint density at radius 2 is 1.95 bits per heavy atom. The molecule has 1 aliphatic rings. The molecular formula is C16H24N2O2. The molecule has 0 unspecified atom stereocenters. The van der Waals surface area contributed by atoms with Crippen LogP contribution in [0.4, 0.5) is 5.69 Å². The molecule has 1 aromatic carbocycles. The fourth-order valence-corrected chi connectivity index (χ4v) is 2.46. The monoisotopic (exact) mass is 276 g/mol. The molecule has 1 heterocycles. The quantitative estimate of drug-likeness (QED) is 0.613. The largest absolute Gasteiger partial charge is 0.466 e. The average Bonchev–Trinajstić information content (AvgIpc) is 2.99. The maximum Gasteiger partial charge on any atom is 0.307 e. The van der Waals surface area contributed by atoms with Crippen molar-refractivity contribution in [2.45, 2.75) is 32.7 Å². The highest BCUT2D eigenvalue weighted by atomic mass is 16.5. The normalized spacial score (nSPS) is 14.6. The number of anilines is 1. The number of carbonyl (C=O) groups is 1. The van der Waals surface area contributed by atoms with Crippen LogP contribution >= 0.6 is 0 Å². The molecule has 0 bridgehead atoms. The van der Waals surface area contributed by atoms with Crippen LogP contribution in [-0.2, 0) is 16.1 Å². The van der Waals surface area contributed by atoms with E-state index in [9.17, 15) is 4.79 Å². The number of nitrogens with one attached hydrogen (secondary N) is 1. The number of ether oxygens (including phenoxy) is 1. The standard InChI is InChI=1S/C16H24N2O2/c1-2-20-16(19)9-10-17-13-14-5-7-15(8-6-14)18-11-3-4-12-18/h5-8,17H,2-4,9-13H2,1H3.